The van der Waals surface area contributed by atoms with Crippen LogP contribution in [0.2, 0.25) is 0 Å². The third kappa shape index (κ3) is 2.24. The average molecular weight is 299 g/mol. The molecule has 1 aliphatic heterocycles. The van der Waals surface area contributed by atoms with Gasteiger partial charge >= 0.3 is 5.97 Å². The highest BCUT2D eigenvalue weighted by Gasteiger charge is 2.40. The van der Waals surface area contributed by atoms with Crippen LogP contribution in [0.15, 0.2) is 54.6 Å². The molecule has 2 amide bonds. The molecule has 5 nitrogen and oxygen atoms in total. The van der Waals surface area contributed by atoms with Gasteiger partial charge in [-0.1, -0.05) is 47.5 Å². The number of fused-ring (bicyclic) bond motifs is 1. The number of nitrogens with zero attached hydrogens (tertiary/aromatic N) is 1. The molecule has 0 N–H and O–H groups in total. The quantitative estimate of drug-likeness (QED) is 0.817. The molecule has 1 aliphatic rings. The summed E-state index contributed by atoms with van der Waals surface area (Å²) in [6, 6.07) is 13.7. The number of rotatable bonds is 3. The van der Waals surface area contributed by atoms with Crippen LogP contribution in [0.4, 0.5) is 4.39 Å². The normalized spacial score (nSPS) is 14.7. The van der Waals surface area contributed by atoms with Gasteiger partial charge in [-0.2, -0.15) is 0 Å². The van der Waals surface area contributed by atoms with Crippen LogP contribution >= 0.6 is 0 Å². The van der Waals surface area contributed by atoms with Crippen LogP contribution in [0.25, 0.3) is 0 Å². The molecule has 1 heterocycles. The molecule has 0 saturated carbocycles. The van der Waals surface area contributed by atoms with Crippen molar-refractivity contribution in [3.63, 3.8) is 0 Å². The molecule has 0 aliphatic carbocycles. The summed E-state index contributed by atoms with van der Waals surface area (Å²) >= 11 is 0. The summed E-state index contributed by atoms with van der Waals surface area (Å²) < 4.78 is 14.0. The predicted molar refractivity (Wildman–Crippen MR) is 73.3 cm³/mol. The first kappa shape index (κ1) is 13.9. The van der Waals surface area contributed by atoms with Crippen LogP contribution < -0.4 is 0 Å². The smallest absolute Gasteiger partial charge is 0.326 e. The topological polar surface area (TPSA) is 63.7 Å². The molecule has 110 valence electrons. The molecule has 0 aromatic heterocycles. The van der Waals surface area contributed by atoms with Gasteiger partial charge in [-0.25, -0.2) is 9.18 Å². The van der Waals surface area contributed by atoms with Crippen LogP contribution in [0.5, 0.6) is 0 Å². The van der Waals surface area contributed by atoms with E-state index in [1.54, 1.807) is 30.3 Å². The Morgan fingerprint density at radius 1 is 0.909 bits per heavy atom. The van der Waals surface area contributed by atoms with Crippen molar-refractivity contribution in [2.45, 2.75) is 6.17 Å². The summed E-state index contributed by atoms with van der Waals surface area (Å²) in [5.41, 5.74) is 0.329. The number of hydroxylamine groups is 2. The van der Waals surface area contributed by atoms with Crippen molar-refractivity contribution in [3.8, 4) is 0 Å². The van der Waals surface area contributed by atoms with Crippen molar-refractivity contribution in [1.29, 1.82) is 0 Å². The number of hydrogen-bond donors (Lipinski definition) is 0. The zero-order valence-corrected chi connectivity index (χ0v) is 11.2. The van der Waals surface area contributed by atoms with Gasteiger partial charge in [0.05, 0.1) is 11.1 Å². The second-order valence-electron chi connectivity index (χ2n) is 4.63. The van der Waals surface area contributed by atoms with E-state index in [1.165, 1.54) is 24.3 Å². The lowest BCUT2D eigenvalue weighted by Gasteiger charge is -2.14. The van der Waals surface area contributed by atoms with Gasteiger partial charge in [0.1, 0.15) is 0 Å². The predicted octanol–water partition coefficient (Wildman–Crippen LogP) is 2.45. The molecule has 0 spiro atoms. The van der Waals surface area contributed by atoms with E-state index in [4.69, 9.17) is 0 Å². The van der Waals surface area contributed by atoms with Gasteiger partial charge in [-0.05, 0) is 17.7 Å². The number of hydrogen-bond acceptors (Lipinski definition) is 4. The third-order valence-corrected chi connectivity index (χ3v) is 3.24. The zero-order chi connectivity index (χ0) is 15.7. The first-order valence-corrected chi connectivity index (χ1v) is 6.48. The monoisotopic (exact) mass is 299 g/mol. The maximum Gasteiger partial charge on any atom is 0.371 e. The van der Waals surface area contributed by atoms with Gasteiger partial charge in [0, 0.05) is 0 Å². The second-order valence-corrected chi connectivity index (χ2v) is 4.63. The summed E-state index contributed by atoms with van der Waals surface area (Å²) in [4.78, 5) is 40.5. The van der Waals surface area contributed by atoms with Gasteiger partial charge in [-0.15, -0.1) is 0 Å². The van der Waals surface area contributed by atoms with E-state index >= 15 is 0 Å². The van der Waals surface area contributed by atoms with Gasteiger partial charge in [0.2, 0.25) is 6.17 Å². The van der Waals surface area contributed by atoms with Crippen molar-refractivity contribution in [2.75, 3.05) is 0 Å². The summed E-state index contributed by atoms with van der Waals surface area (Å²) in [7, 11) is 0. The molecule has 2 aromatic rings. The van der Waals surface area contributed by atoms with Crippen molar-refractivity contribution in [1.82, 2.24) is 5.06 Å². The van der Waals surface area contributed by atoms with E-state index in [2.05, 4.69) is 4.84 Å². The number of benzene rings is 2. The molecule has 6 heteroatoms. The van der Waals surface area contributed by atoms with Gasteiger partial charge in [0.15, 0.2) is 0 Å². The second kappa shape index (κ2) is 5.40. The first-order chi connectivity index (χ1) is 10.6. The highest BCUT2D eigenvalue weighted by molar-refractivity contribution is 6.20. The molecule has 22 heavy (non-hydrogen) atoms. The van der Waals surface area contributed by atoms with Crippen LogP contribution in [0.1, 0.15) is 32.5 Å². The summed E-state index contributed by atoms with van der Waals surface area (Å²) in [5.74, 6) is -2.89. The highest BCUT2D eigenvalue weighted by Crippen LogP contribution is 2.25. The minimum atomic E-state index is -2.08. The minimum absolute atomic E-state index is 0.0871. The van der Waals surface area contributed by atoms with Gasteiger partial charge in [-0.3, -0.25) is 9.59 Å². The van der Waals surface area contributed by atoms with Crippen molar-refractivity contribution >= 4 is 17.8 Å². The Morgan fingerprint density at radius 3 is 1.95 bits per heavy atom. The van der Waals surface area contributed by atoms with Crippen LogP contribution in [-0.2, 0) is 9.63 Å². The van der Waals surface area contributed by atoms with Crippen molar-refractivity contribution in [3.05, 3.63) is 71.3 Å². The van der Waals surface area contributed by atoms with E-state index in [-0.39, 0.29) is 16.7 Å². The number of halogens is 1. The summed E-state index contributed by atoms with van der Waals surface area (Å²) in [5, 5.41) is 0.294. The van der Waals surface area contributed by atoms with E-state index in [0.29, 0.717) is 5.06 Å². The SMILES string of the molecule is O=C(ON1C(=O)c2ccccc2C1=O)C(F)c1ccccc1. The molecule has 0 saturated heterocycles. The number of carbonyl (C=O) groups is 3. The Labute approximate surface area is 124 Å². The molecular weight excluding hydrogens is 289 g/mol. The fourth-order valence-corrected chi connectivity index (χ4v) is 2.14. The molecule has 1 unspecified atom stereocenters. The Morgan fingerprint density at radius 2 is 1.41 bits per heavy atom. The molecule has 0 radical (unpaired) electrons. The zero-order valence-electron chi connectivity index (χ0n) is 11.2. The highest BCUT2D eigenvalue weighted by atomic mass is 19.1. The fourth-order valence-electron chi connectivity index (χ4n) is 2.14. The lowest BCUT2D eigenvalue weighted by atomic mass is 10.1. The molecule has 2 aromatic carbocycles. The molecule has 0 fully saturated rings. The Bertz CT molecular complexity index is 725. The molecule has 0 bridgehead atoms. The maximum absolute atomic E-state index is 14.0. The molecule has 3 rings (SSSR count). The fraction of sp³-hybridized carbons (Fsp3) is 0.0625. The van der Waals surface area contributed by atoms with Crippen LogP contribution in [0, 0.1) is 0 Å². The van der Waals surface area contributed by atoms with Crippen LogP contribution in [0.3, 0.4) is 0 Å². The van der Waals surface area contributed by atoms with E-state index in [9.17, 15) is 18.8 Å². The molecular formula is C16H10FNO4. The standard InChI is InChI=1S/C16H10FNO4/c17-13(10-6-2-1-3-7-10)16(21)22-18-14(19)11-8-4-5-9-12(11)15(18)20/h1-9,13H. The Kier molecular flexibility index (Phi) is 3.42. The number of carbonyl (C=O) groups excluding carboxylic acids is 3. The average Bonchev–Trinajstić information content (AvgIpc) is 2.80. The van der Waals surface area contributed by atoms with E-state index in [0.717, 1.165) is 0 Å². The van der Waals surface area contributed by atoms with Gasteiger partial charge < -0.3 is 4.84 Å². The summed E-state index contributed by atoms with van der Waals surface area (Å²) in [6.45, 7) is 0. The maximum atomic E-state index is 14.0. The Hall–Kier alpha value is -3.02. The van der Waals surface area contributed by atoms with Crippen molar-refractivity contribution in [2.24, 2.45) is 0 Å². The van der Waals surface area contributed by atoms with E-state index < -0.39 is 24.0 Å². The number of amides is 2. The minimum Gasteiger partial charge on any atom is -0.326 e. The van der Waals surface area contributed by atoms with Gasteiger partial charge in [0.25, 0.3) is 11.8 Å². The van der Waals surface area contributed by atoms with Crippen LogP contribution in [-0.4, -0.2) is 22.8 Å². The lowest BCUT2D eigenvalue weighted by Crippen LogP contribution is -2.34. The number of imide groups is 1. The van der Waals surface area contributed by atoms with Crippen molar-refractivity contribution < 1.29 is 23.6 Å². The largest absolute Gasteiger partial charge is 0.371 e. The first-order valence-electron chi connectivity index (χ1n) is 6.48. The lowest BCUT2D eigenvalue weighted by molar-refractivity contribution is -0.175. The molecule has 1 atom stereocenters. The van der Waals surface area contributed by atoms with E-state index in [1.807, 2.05) is 0 Å². The third-order valence-electron chi connectivity index (χ3n) is 3.24. The Balaban J connectivity index is 1.79. The summed E-state index contributed by atoms with van der Waals surface area (Å²) in [6.07, 6.45) is -2.08. The number of alkyl halides is 1.